The Hall–Kier alpha value is -1.44. The van der Waals surface area contributed by atoms with Crippen LogP contribution in [0.5, 0.6) is 0 Å². The van der Waals surface area contributed by atoms with Crippen molar-refractivity contribution >= 4 is 28.4 Å². The van der Waals surface area contributed by atoms with Gasteiger partial charge < -0.3 is 5.73 Å². The third-order valence-corrected chi connectivity index (χ3v) is 3.56. The van der Waals surface area contributed by atoms with E-state index >= 15 is 0 Å². The minimum Gasteiger partial charge on any atom is -0.384 e. The smallest absolute Gasteiger partial charge is 0.267 e. The van der Waals surface area contributed by atoms with Crippen LogP contribution in [0.2, 0.25) is 0 Å². The van der Waals surface area contributed by atoms with Crippen LogP contribution in [0.25, 0.3) is 0 Å². The number of rotatable bonds is 2. The van der Waals surface area contributed by atoms with Crippen LogP contribution in [0, 0.1) is 10.5 Å². The Bertz CT molecular complexity index is 609. The van der Waals surface area contributed by atoms with Crippen LogP contribution < -0.4 is 11.3 Å². The molecule has 0 bridgehead atoms. The van der Waals surface area contributed by atoms with Gasteiger partial charge in [0.2, 0.25) is 0 Å². The summed E-state index contributed by atoms with van der Waals surface area (Å²) in [7, 11) is 0. The lowest BCUT2D eigenvalue weighted by Gasteiger charge is -2.06. The van der Waals surface area contributed by atoms with E-state index in [1.54, 1.807) is 6.07 Å². The summed E-state index contributed by atoms with van der Waals surface area (Å²) in [5.74, 6) is 0.449. The van der Waals surface area contributed by atoms with Gasteiger partial charge in [-0.3, -0.25) is 9.36 Å². The van der Waals surface area contributed by atoms with Crippen LogP contribution in [-0.4, -0.2) is 14.5 Å². The molecule has 0 atom stereocenters. The number of nitrogens with two attached hydrogens (primary N) is 1. The van der Waals surface area contributed by atoms with Gasteiger partial charge >= 0.3 is 0 Å². The zero-order valence-corrected chi connectivity index (χ0v) is 11.4. The van der Waals surface area contributed by atoms with Crippen LogP contribution in [0.3, 0.4) is 0 Å². The maximum Gasteiger partial charge on any atom is 0.267 e. The number of nitrogens with zero attached hydrogens (tertiary/aromatic N) is 3. The first-order valence-electron chi connectivity index (χ1n) is 5.01. The van der Waals surface area contributed by atoms with Crippen molar-refractivity contribution in [2.45, 2.75) is 13.5 Å². The normalized spacial score (nSPS) is 10.5. The van der Waals surface area contributed by atoms with Gasteiger partial charge in [0.1, 0.15) is 5.82 Å². The zero-order valence-electron chi connectivity index (χ0n) is 9.22. The highest BCUT2D eigenvalue weighted by molar-refractivity contribution is 14.1. The molecule has 0 amide bonds. The van der Waals surface area contributed by atoms with Crippen molar-refractivity contribution in [3.05, 3.63) is 49.8 Å². The number of halogens is 1. The predicted octanol–water partition coefficient (Wildman–Crippen LogP) is 1.18. The maximum atomic E-state index is 11.9. The average Bonchev–Trinajstić information content (AvgIpc) is 2.30. The molecule has 0 aliphatic heterocycles. The fraction of sp³-hybridized carbons (Fsp3) is 0.182. The number of hydrogen-bond donors (Lipinski definition) is 1. The number of aromatic nitrogens is 3. The molecule has 17 heavy (non-hydrogen) atoms. The van der Waals surface area contributed by atoms with Crippen molar-refractivity contribution in [3.8, 4) is 0 Å². The third kappa shape index (κ3) is 2.63. The zero-order chi connectivity index (χ0) is 12.4. The van der Waals surface area contributed by atoms with E-state index in [4.69, 9.17) is 5.73 Å². The highest BCUT2D eigenvalue weighted by Crippen LogP contribution is 2.04. The molecule has 2 N–H and O–H groups in total. The second-order valence-corrected chi connectivity index (χ2v) is 4.71. The molecule has 0 aliphatic rings. The number of anilines is 1. The molecule has 6 heteroatoms. The van der Waals surface area contributed by atoms with Crippen LogP contribution in [0.1, 0.15) is 11.4 Å². The van der Waals surface area contributed by atoms with Crippen molar-refractivity contribution in [2.24, 2.45) is 0 Å². The number of pyridine rings is 1. The summed E-state index contributed by atoms with van der Waals surface area (Å²) >= 11 is 2.00. The molecule has 2 aromatic heterocycles. The standard InChI is InChI=1S/C11H11IN4O/c1-7-10(12)11(17)16(6-14-7)5-8-3-2-4-9(13)15-8/h2-4,6H,5H2,1H3,(H2,13,15). The summed E-state index contributed by atoms with van der Waals surface area (Å²) in [5, 5.41) is 0. The summed E-state index contributed by atoms with van der Waals surface area (Å²) < 4.78 is 2.16. The van der Waals surface area contributed by atoms with E-state index in [1.807, 2.05) is 41.6 Å². The van der Waals surface area contributed by atoms with Crippen molar-refractivity contribution in [1.82, 2.24) is 14.5 Å². The molecule has 2 aromatic rings. The van der Waals surface area contributed by atoms with E-state index in [2.05, 4.69) is 9.97 Å². The van der Waals surface area contributed by atoms with Gasteiger partial charge in [-0.15, -0.1) is 0 Å². The molecule has 2 heterocycles. The van der Waals surface area contributed by atoms with Gasteiger partial charge in [-0.05, 0) is 41.6 Å². The average molecular weight is 342 g/mol. The highest BCUT2D eigenvalue weighted by Gasteiger charge is 2.06. The molecule has 0 spiro atoms. The molecule has 0 saturated heterocycles. The van der Waals surface area contributed by atoms with Crippen LogP contribution in [0.4, 0.5) is 5.82 Å². The van der Waals surface area contributed by atoms with Gasteiger partial charge in [0.05, 0.1) is 27.8 Å². The minimum absolute atomic E-state index is 0.0534. The van der Waals surface area contributed by atoms with Gasteiger partial charge in [0.15, 0.2) is 0 Å². The second-order valence-electron chi connectivity index (χ2n) is 3.63. The van der Waals surface area contributed by atoms with Gasteiger partial charge in [0.25, 0.3) is 5.56 Å². The first-order valence-corrected chi connectivity index (χ1v) is 6.09. The molecule has 0 aromatic carbocycles. The minimum atomic E-state index is -0.0534. The summed E-state index contributed by atoms with van der Waals surface area (Å²) in [6, 6.07) is 5.36. The Balaban J connectivity index is 2.37. The SMILES string of the molecule is Cc1ncn(Cc2cccc(N)n2)c(=O)c1I. The Labute approximate surface area is 112 Å². The second kappa shape index (κ2) is 4.82. The molecule has 2 rings (SSSR count). The molecular formula is C11H11IN4O. The van der Waals surface area contributed by atoms with Crippen molar-refractivity contribution < 1.29 is 0 Å². The van der Waals surface area contributed by atoms with Gasteiger partial charge in [-0.2, -0.15) is 0 Å². The fourth-order valence-electron chi connectivity index (χ4n) is 1.42. The fourth-order valence-corrected chi connectivity index (χ4v) is 1.87. The van der Waals surface area contributed by atoms with Gasteiger partial charge in [-0.25, -0.2) is 9.97 Å². The molecular weight excluding hydrogens is 331 g/mol. The lowest BCUT2D eigenvalue weighted by molar-refractivity contribution is 0.709. The van der Waals surface area contributed by atoms with Crippen LogP contribution in [0.15, 0.2) is 29.3 Å². The molecule has 0 unspecified atom stereocenters. The van der Waals surface area contributed by atoms with Crippen molar-refractivity contribution in [1.29, 1.82) is 0 Å². The van der Waals surface area contributed by atoms with E-state index in [9.17, 15) is 4.79 Å². The lowest BCUT2D eigenvalue weighted by atomic mass is 10.3. The topological polar surface area (TPSA) is 73.8 Å². The van der Waals surface area contributed by atoms with E-state index in [0.717, 1.165) is 11.4 Å². The van der Waals surface area contributed by atoms with E-state index in [1.165, 1.54) is 10.9 Å². The summed E-state index contributed by atoms with van der Waals surface area (Å²) in [6.45, 7) is 2.19. The van der Waals surface area contributed by atoms with Gasteiger partial charge in [0, 0.05) is 0 Å². The first-order chi connectivity index (χ1) is 8.08. The Morgan fingerprint density at radius 3 is 2.94 bits per heavy atom. The van der Waals surface area contributed by atoms with Crippen molar-refractivity contribution in [2.75, 3.05) is 5.73 Å². The molecule has 0 aliphatic carbocycles. The number of aryl methyl sites for hydroxylation is 1. The summed E-state index contributed by atoms with van der Waals surface area (Å²) in [5.41, 5.74) is 7.02. The Morgan fingerprint density at radius 1 is 1.47 bits per heavy atom. The largest absolute Gasteiger partial charge is 0.384 e. The first kappa shape index (κ1) is 12.0. The molecule has 88 valence electrons. The summed E-state index contributed by atoms with van der Waals surface area (Å²) in [4.78, 5) is 20.2. The molecule has 0 fully saturated rings. The van der Waals surface area contributed by atoms with Gasteiger partial charge in [-0.1, -0.05) is 6.07 Å². The Morgan fingerprint density at radius 2 is 2.24 bits per heavy atom. The number of hydrogen-bond acceptors (Lipinski definition) is 4. The molecule has 0 radical (unpaired) electrons. The monoisotopic (exact) mass is 342 g/mol. The van der Waals surface area contributed by atoms with E-state index in [-0.39, 0.29) is 5.56 Å². The van der Waals surface area contributed by atoms with E-state index in [0.29, 0.717) is 15.9 Å². The Kier molecular flexibility index (Phi) is 3.41. The van der Waals surface area contributed by atoms with Crippen LogP contribution >= 0.6 is 22.6 Å². The summed E-state index contributed by atoms with van der Waals surface area (Å²) in [6.07, 6.45) is 1.53. The van der Waals surface area contributed by atoms with E-state index < -0.39 is 0 Å². The quantitative estimate of drug-likeness (QED) is 0.832. The number of nitrogen functional groups attached to an aromatic ring is 1. The van der Waals surface area contributed by atoms with Crippen molar-refractivity contribution in [3.63, 3.8) is 0 Å². The molecule has 0 saturated carbocycles. The highest BCUT2D eigenvalue weighted by atomic mass is 127. The predicted molar refractivity (Wildman–Crippen MR) is 73.7 cm³/mol. The van der Waals surface area contributed by atoms with Crippen LogP contribution in [-0.2, 0) is 6.54 Å². The third-order valence-electron chi connectivity index (χ3n) is 2.32. The lowest BCUT2D eigenvalue weighted by Crippen LogP contribution is -2.25. The molecule has 5 nitrogen and oxygen atoms in total. The maximum absolute atomic E-state index is 11.9.